The Hall–Kier alpha value is -1.14. The van der Waals surface area contributed by atoms with Crippen LogP contribution in [0.3, 0.4) is 0 Å². The number of amides is 1. The average molecular weight is 227 g/mol. The molecule has 6 heteroatoms. The monoisotopic (exact) mass is 227 g/mol. The molecule has 0 spiro atoms. The summed E-state index contributed by atoms with van der Waals surface area (Å²) >= 11 is 1.25. The number of thiazole rings is 1. The van der Waals surface area contributed by atoms with Crippen LogP contribution in [-0.2, 0) is 0 Å². The maximum atomic E-state index is 11.7. The molecule has 0 radical (unpaired) electrons. The van der Waals surface area contributed by atoms with Crippen LogP contribution in [0.5, 0.6) is 0 Å². The minimum Gasteiger partial charge on any atom is -0.386 e. The van der Waals surface area contributed by atoms with Gasteiger partial charge in [0, 0.05) is 5.38 Å². The molecule has 3 N–H and O–H groups in total. The number of nitrogens with two attached hydrogens (primary N) is 1. The van der Waals surface area contributed by atoms with E-state index in [1.54, 1.807) is 10.3 Å². The summed E-state index contributed by atoms with van der Waals surface area (Å²) in [5.74, 6) is -0.152. The zero-order chi connectivity index (χ0) is 11.1. The second-order valence-electron chi connectivity index (χ2n) is 3.81. The molecule has 1 aromatic rings. The van der Waals surface area contributed by atoms with Gasteiger partial charge in [-0.25, -0.2) is 4.98 Å². The third kappa shape index (κ3) is 1.82. The van der Waals surface area contributed by atoms with Crippen LogP contribution >= 0.6 is 11.3 Å². The van der Waals surface area contributed by atoms with Gasteiger partial charge in [0.15, 0.2) is 5.13 Å². The molecule has 2 rings (SSSR count). The Morgan fingerprint density at radius 3 is 2.93 bits per heavy atom. The van der Waals surface area contributed by atoms with Crippen molar-refractivity contribution in [2.24, 2.45) is 0 Å². The summed E-state index contributed by atoms with van der Waals surface area (Å²) in [4.78, 5) is 17.2. The van der Waals surface area contributed by atoms with Crippen molar-refractivity contribution in [1.82, 2.24) is 9.88 Å². The van der Waals surface area contributed by atoms with Crippen molar-refractivity contribution in [3.8, 4) is 0 Å². The third-order valence-electron chi connectivity index (χ3n) is 2.66. The quantitative estimate of drug-likeness (QED) is 0.762. The molecule has 0 unspecified atom stereocenters. The van der Waals surface area contributed by atoms with E-state index >= 15 is 0 Å². The molecule has 1 amide bonds. The molecule has 0 bridgehead atoms. The van der Waals surface area contributed by atoms with Crippen molar-refractivity contribution in [2.45, 2.75) is 18.9 Å². The first-order chi connectivity index (χ1) is 7.04. The fraction of sp³-hybridized carbons (Fsp3) is 0.556. The van der Waals surface area contributed by atoms with E-state index in [1.165, 1.54) is 11.3 Å². The van der Waals surface area contributed by atoms with Crippen LogP contribution in [0.25, 0.3) is 0 Å². The Labute approximate surface area is 91.5 Å². The molecule has 5 nitrogen and oxygen atoms in total. The van der Waals surface area contributed by atoms with E-state index in [9.17, 15) is 9.90 Å². The maximum Gasteiger partial charge on any atom is 0.273 e. The van der Waals surface area contributed by atoms with Gasteiger partial charge in [-0.2, -0.15) is 0 Å². The lowest BCUT2D eigenvalue weighted by molar-refractivity contribution is -0.0827. The van der Waals surface area contributed by atoms with Gasteiger partial charge in [-0.05, 0) is 6.42 Å². The van der Waals surface area contributed by atoms with Crippen LogP contribution in [0.2, 0.25) is 0 Å². The first-order valence-corrected chi connectivity index (χ1v) is 5.65. The van der Waals surface area contributed by atoms with Crippen molar-refractivity contribution in [2.75, 3.05) is 18.8 Å². The first-order valence-electron chi connectivity index (χ1n) is 4.77. The van der Waals surface area contributed by atoms with Crippen LogP contribution in [0.1, 0.15) is 23.8 Å². The maximum absolute atomic E-state index is 11.7. The van der Waals surface area contributed by atoms with Crippen molar-refractivity contribution in [3.05, 3.63) is 11.1 Å². The average Bonchev–Trinajstić information content (AvgIpc) is 2.59. The molecule has 1 aromatic heterocycles. The fourth-order valence-electron chi connectivity index (χ4n) is 1.58. The standard InChI is InChI=1S/C9H13N3O2S/c1-2-9(14)4-12(5-9)7(13)6-3-15-8(10)11-6/h3,14H,2,4-5H2,1H3,(H2,10,11). The number of rotatable bonds is 2. The second-order valence-corrected chi connectivity index (χ2v) is 4.70. The van der Waals surface area contributed by atoms with Gasteiger partial charge in [-0.3, -0.25) is 4.79 Å². The lowest BCUT2D eigenvalue weighted by Gasteiger charge is -2.45. The van der Waals surface area contributed by atoms with E-state index in [0.29, 0.717) is 30.3 Å². The fourth-order valence-corrected chi connectivity index (χ4v) is 2.12. The number of hydrogen-bond donors (Lipinski definition) is 2. The van der Waals surface area contributed by atoms with Gasteiger partial charge >= 0.3 is 0 Å². The van der Waals surface area contributed by atoms with Crippen molar-refractivity contribution < 1.29 is 9.90 Å². The van der Waals surface area contributed by atoms with Crippen molar-refractivity contribution in [3.63, 3.8) is 0 Å². The molecule has 2 heterocycles. The van der Waals surface area contributed by atoms with E-state index in [2.05, 4.69) is 4.98 Å². The summed E-state index contributed by atoms with van der Waals surface area (Å²) in [6.07, 6.45) is 0.663. The van der Waals surface area contributed by atoms with Gasteiger partial charge in [-0.1, -0.05) is 6.92 Å². The Kier molecular flexibility index (Phi) is 2.40. The minimum atomic E-state index is -0.697. The van der Waals surface area contributed by atoms with Crippen LogP contribution < -0.4 is 5.73 Å². The summed E-state index contributed by atoms with van der Waals surface area (Å²) in [6, 6.07) is 0. The van der Waals surface area contributed by atoms with Crippen LogP contribution in [0, 0.1) is 0 Å². The van der Waals surface area contributed by atoms with E-state index in [-0.39, 0.29) is 5.91 Å². The van der Waals surface area contributed by atoms with Crippen LogP contribution in [0.4, 0.5) is 5.13 Å². The molecule has 1 saturated heterocycles. The van der Waals surface area contributed by atoms with Gasteiger partial charge in [0.1, 0.15) is 5.69 Å². The lowest BCUT2D eigenvalue weighted by Crippen LogP contribution is -2.63. The topological polar surface area (TPSA) is 79.5 Å². The van der Waals surface area contributed by atoms with Gasteiger partial charge in [0.2, 0.25) is 0 Å². The van der Waals surface area contributed by atoms with E-state index in [1.807, 2.05) is 6.92 Å². The number of carbonyl (C=O) groups excluding carboxylic acids is 1. The number of carbonyl (C=O) groups is 1. The van der Waals surface area contributed by atoms with Crippen molar-refractivity contribution >= 4 is 22.4 Å². The van der Waals surface area contributed by atoms with Gasteiger partial charge in [-0.15, -0.1) is 11.3 Å². The number of nitrogen functional groups attached to an aromatic ring is 1. The first kappa shape index (κ1) is 10.4. The van der Waals surface area contributed by atoms with E-state index in [0.717, 1.165) is 0 Å². The molecular formula is C9H13N3O2S. The number of hydrogen-bond acceptors (Lipinski definition) is 5. The molecule has 1 fully saturated rings. The summed E-state index contributed by atoms with van der Waals surface area (Å²) < 4.78 is 0. The molecule has 82 valence electrons. The molecule has 0 saturated carbocycles. The Morgan fingerprint density at radius 2 is 2.47 bits per heavy atom. The second kappa shape index (κ2) is 3.46. The largest absolute Gasteiger partial charge is 0.386 e. The van der Waals surface area contributed by atoms with Gasteiger partial charge < -0.3 is 15.7 Å². The number of nitrogens with zero attached hydrogens (tertiary/aromatic N) is 2. The summed E-state index contributed by atoms with van der Waals surface area (Å²) in [7, 11) is 0. The summed E-state index contributed by atoms with van der Waals surface area (Å²) in [6.45, 7) is 2.68. The highest BCUT2D eigenvalue weighted by Gasteiger charge is 2.42. The highest BCUT2D eigenvalue weighted by Crippen LogP contribution is 2.26. The number of anilines is 1. The van der Waals surface area contributed by atoms with Crippen molar-refractivity contribution in [1.29, 1.82) is 0 Å². The zero-order valence-corrected chi connectivity index (χ0v) is 9.25. The van der Waals surface area contributed by atoms with Crippen LogP contribution in [-0.4, -0.2) is 39.6 Å². The Balaban J connectivity index is 2.00. The Morgan fingerprint density at radius 1 is 1.80 bits per heavy atom. The predicted molar refractivity (Wildman–Crippen MR) is 57.7 cm³/mol. The summed E-state index contributed by atoms with van der Waals surface area (Å²) in [5.41, 5.74) is 5.12. The highest BCUT2D eigenvalue weighted by molar-refractivity contribution is 7.13. The van der Waals surface area contributed by atoms with Gasteiger partial charge in [0.25, 0.3) is 5.91 Å². The predicted octanol–water partition coefficient (Wildman–Crippen LogP) is 0.322. The molecule has 0 aromatic carbocycles. The smallest absolute Gasteiger partial charge is 0.273 e. The van der Waals surface area contributed by atoms with Gasteiger partial charge in [0.05, 0.1) is 18.7 Å². The number of aliphatic hydroxyl groups is 1. The minimum absolute atomic E-state index is 0.152. The molecule has 0 atom stereocenters. The van der Waals surface area contributed by atoms with E-state index < -0.39 is 5.60 Å². The zero-order valence-electron chi connectivity index (χ0n) is 8.43. The Bertz CT molecular complexity index is 384. The molecule has 0 aliphatic carbocycles. The third-order valence-corrected chi connectivity index (χ3v) is 3.33. The normalized spacial score (nSPS) is 18.7. The highest BCUT2D eigenvalue weighted by atomic mass is 32.1. The molecule has 1 aliphatic rings. The molecule has 15 heavy (non-hydrogen) atoms. The summed E-state index contributed by atoms with van der Waals surface area (Å²) in [5, 5.41) is 11.8. The lowest BCUT2D eigenvalue weighted by atomic mass is 9.91. The van der Waals surface area contributed by atoms with Crippen LogP contribution in [0.15, 0.2) is 5.38 Å². The molecular weight excluding hydrogens is 214 g/mol. The molecule has 1 aliphatic heterocycles. The number of aromatic nitrogens is 1. The SMILES string of the molecule is CCC1(O)CN(C(=O)c2csc(N)n2)C1. The van der Waals surface area contributed by atoms with E-state index in [4.69, 9.17) is 5.73 Å². The number of likely N-dealkylation sites (tertiary alicyclic amines) is 1. The number of β-amino-alcohol motifs (C(OH)–C–C–N with tert-alkyl or cyclic N) is 1.